The molecule has 0 aliphatic heterocycles. The van der Waals surface area contributed by atoms with Crippen LogP contribution in [0.25, 0.3) is 0 Å². The van der Waals surface area contributed by atoms with E-state index in [1.807, 2.05) is 0 Å². The van der Waals surface area contributed by atoms with Crippen molar-refractivity contribution in [3.05, 3.63) is 34.9 Å². The van der Waals surface area contributed by atoms with E-state index in [4.69, 9.17) is 11.6 Å². The van der Waals surface area contributed by atoms with Crippen LogP contribution in [0.15, 0.2) is 18.2 Å². The molecule has 14 heavy (non-hydrogen) atoms. The van der Waals surface area contributed by atoms with Crippen LogP contribution in [0.1, 0.15) is 21.5 Å². The molecule has 76 valence electrons. The summed E-state index contributed by atoms with van der Waals surface area (Å²) in [5, 5.41) is -0.753. The summed E-state index contributed by atoms with van der Waals surface area (Å²) in [5.74, 6) is 0. The molecule has 0 atom stereocenters. The van der Waals surface area contributed by atoms with Crippen LogP contribution in [0, 0.1) is 6.92 Å². The zero-order valence-corrected chi connectivity index (χ0v) is 7.91. The second-order valence-electron chi connectivity index (χ2n) is 2.80. The van der Waals surface area contributed by atoms with Gasteiger partial charge in [-0.3, -0.25) is 4.79 Å². The third-order valence-electron chi connectivity index (χ3n) is 1.77. The average Bonchev–Trinajstić information content (AvgIpc) is 2.01. The number of hydrogen-bond acceptors (Lipinski definition) is 1. The van der Waals surface area contributed by atoms with E-state index >= 15 is 0 Å². The van der Waals surface area contributed by atoms with E-state index in [2.05, 4.69) is 0 Å². The van der Waals surface area contributed by atoms with Gasteiger partial charge in [-0.2, -0.15) is 13.2 Å². The van der Waals surface area contributed by atoms with E-state index in [1.54, 1.807) is 0 Å². The standard InChI is InChI=1S/C9H6ClF3O/c1-5-4-6(9(11,12)13)2-3-7(5)8(10)14/h2-4H,1H3. The first kappa shape index (κ1) is 11.0. The summed E-state index contributed by atoms with van der Waals surface area (Å²) in [4.78, 5) is 10.7. The van der Waals surface area contributed by atoms with E-state index < -0.39 is 17.0 Å². The van der Waals surface area contributed by atoms with Crippen molar-refractivity contribution in [3.8, 4) is 0 Å². The molecule has 0 amide bonds. The smallest absolute Gasteiger partial charge is 0.276 e. The van der Waals surface area contributed by atoms with Crippen LogP contribution < -0.4 is 0 Å². The fourth-order valence-corrected chi connectivity index (χ4v) is 1.27. The molecule has 0 aliphatic carbocycles. The Kier molecular flexibility index (Phi) is 2.85. The second kappa shape index (κ2) is 3.61. The first-order chi connectivity index (χ1) is 6.32. The highest BCUT2D eigenvalue weighted by Gasteiger charge is 2.30. The SMILES string of the molecule is Cc1cc(C(F)(F)F)ccc1C(=O)Cl. The molecule has 5 heteroatoms. The van der Waals surface area contributed by atoms with Gasteiger partial charge in [-0.1, -0.05) is 0 Å². The molecule has 0 aromatic heterocycles. The Morgan fingerprint density at radius 2 is 1.93 bits per heavy atom. The Morgan fingerprint density at radius 3 is 2.29 bits per heavy atom. The number of aryl methyl sites for hydroxylation is 1. The molecule has 1 rings (SSSR count). The number of carbonyl (C=O) groups is 1. The van der Waals surface area contributed by atoms with Crippen LogP contribution >= 0.6 is 11.6 Å². The molecule has 1 aromatic carbocycles. The quantitative estimate of drug-likeness (QED) is 0.666. The minimum absolute atomic E-state index is 0.0969. The second-order valence-corrected chi connectivity index (χ2v) is 3.14. The van der Waals surface area contributed by atoms with Crippen LogP contribution in [-0.2, 0) is 6.18 Å². The molecule has 1 nitrogen and oxygen atoms in total. The molecular formula is C9H6ClF3O. The van der Waals surface area contributed by atoms with Gasteiger partial charge in [0.2, 0.25) is 0 Å². The summed E-state index contributed by atoms with van der Waals surface area (Å²) in [6, 6.07) is 2.81. The van der Waals surface area contributed by atoms with Crippen LogP contribution in [0.2, 0.25) is 0 Å². The van der Waals surface area contributed by atoms with Gasteiger partial charge >= 0.3 is 6.18 Å². The predicted octanol–water partition coefficient (Wildman–Crippen LogP) is 3.39. The van der Waals surface area contributed by atoms with E-state index in [0.717, 1.165) is 18.2 Å². The van der Waals surface area contributed by atoms with Crippen molar-refractivity contribution in [3.63, 3.8) is 0 Å². The average molecular weight is 223 g/mol. The molecule has 0 saturated heterocycles. The van der Waals surface area contributed by atoms with E-state index in [9.17, 15) is 18.0 Å². The van der Waals surface area contributed by atoms with Gasteiger partial charge in [-0.05, 0) is 42.3 Å². The molecule has 0 bridgehead atoms. The van der Waals surface area contributed by atoms with Gasteiger partial charge in [0.25, 0.3) is 5.24 Å². The van der Waals surface area contributed by atoms with Gasteiger partial charge < -0.3 is 0 Å². The first-order valence-electron chi connectivity index (χ1n) is 3.70. The number of hydrogen-bond donors (Lipinski definition) is 0. The summed E-state index contributed by atoms with van der Waals surface area (Å²) in [5.41, 5.74) is -0.462. The van der Waals surface area contributed by atoms with Gasteiger partial charge in [0, 0.05) is 5.56 Å². The molecule has 0 radical (unpaired) electrons. The van der Waals surface area contributed by atoms with Crippen molar-refractivity contribution in [2.75, 3.05) is 0 Å². The fraction of sp³-hybridized carbons (Fsp3) is 0.222. The lowest BCUT2D eigenvalue weighted by Gasteiger charge is -2.08. The zero-order chi connectivity index (χ0) is 10.9. The fourth-order valence-electron chi connectivity index (χ4n) is 1.06. The lowest BCUT2D eigenvalue weighted by atomic mass is 10.1. The number of halogens is 4. The summed E-state index contributed by atoms with van der Waals surface area (Å²) in [6.45, 7) is 1.41. The molecule has 0 aliphatic rings. The summed E-state index contributed by atoms with van der Waals surface area (Å²) in [6.07, 6.45) is -4.39. The van der Waals surface area contributed by atoms with Gasteiger partial charge in [0.05, 0.1) is 5.56 Å². The van der Waals surface area contributed by atoms with Gasteiger partial charge in [-0.25, -0.2) is 0 Å². The Labute approximate surface area is 83.5 Å². The molecular weight excluding hydrogens is 217 g/mol. The molecule has 1 aromatic rings. The Bertz CT molecular complexity index is 371. The Morgan fingerprint density at radius 1 is 1.36 bits per heavy atom. The summed E-state index contributed by atoms with van der Waals surface area (Å²) < 4.78 is 36.5. The van der Waals surface area contributed by atoms with E-state index in [1.165, 1.54) is 6.92 Å². The topological polar surface area (TPSA) is 17.1 Å². The van der Waals surface area contributed by atoms with Crippen molar-refractivity contribution in [2.24, 2.45) is 0 Å². The molecule has 0 N–H and O–H groups in total. The van der Waals surface area contributed by atoms with Crippen molar-refractivity contribution < 1.29 is 18.0 Å². The number of alkyl halides is 3. The number of carbonyl (C=O) groups excluding carboxylic acids is 1. The van der Waals surface area contributed by atoms with Gasteiger partial charge in [0.1, 0.15) is 0 Å². The minimum atomic E-state index is -4.39. The zero-order valence-electron chi connectivity index (χ0n) is 7.15. The monoisotopic (exact) mass is 222 g/mol. The summed E-state index contributed by atoms with van der Waals surface area (Å²) >= 11 is 5.15. The van der Waals surface area contributed by atoms with Crippen molar-refractivity contribution >= 4 is 16.8 Å². The molecule has 0 fully saturated rings. The van der Waals surface area contributed by atoms with Gasteiger partial charge in [0.15, 0.2) is 0 Å². The lowest BCUT2D eigenvalue weighted by molar-refractivity contribution is -0.137. The van der Waals surface area contributed by atoms with Crippen LogP contribution in [-0.4, -0.2) is 5.24 Å². The maximum absolute atomic E-state index is 12.2. The lowest BCUT2D eigenvalue weighted by Crippen LogP contribution is -2.06. The number of benzene rings is 1. The van der Waals surface area contributed by atoms with Crippen LogP contribution in [0.4, 0.5) is 13.2 Å². The predicted molar refractivity (Wildman–Crippen MR) is 46.4 cm³/mol. The highest BCUT2D eigenvalue weighted by atomic mass is 35.5. The molecule has 0 unspecified atom stereocenters. The highest BCUT2D eigenvalue weighted by molar-refractivity contribution is 6.67. The Hall–Kier alpha value is -1.03. The molecule has 0 saturated carbocycles. The third-order valence-corrected chi connectivity index (χ3v) is 1.97. The van der Waals surface area contributed by atoms with Crippen LogP contribution in [0.5, 0.6) is 0 Å². The van der Waals surface area contributed by atoms with E-state index in [0.29, 0.717) is 0 Å². The van der Waals surface area contributed by atoms with Crippen molar-refractivity contribution in [1.82, 2.24) is 0 Å². The maximum Gasteiger partial charge on any atom is 0.416 e. The number of rotatable bonds is 1. The molecule has 0 heterocycles. The largest absolute Gasteiger partial charge is 0.416 e. The third kappa shape index (κ3) is 2.26. The van der Waals surface area contributed by atoms with Crippen LogP contribution in [0.3, 0.4) is 0 Å². The molecule has 0 spiro atoms. The van der Waals surface area contributed by atoms with Gasteiger partial charge in [-0.15, -0.1) is 0 Å². The van der Waals surface area contributed by atoms with Crippen molar-refractivity contribution in [1.29, 1.82) is 0 Å². The minimum Gasteiger partial charge on any atom is -0.276 e. The highest BCUT2D eigenvalue weighted by Crippen LogP contribution is 2.30. The summed E-state index contributed by atoms with van der Waals surface area (Å²) in [7, 11) is 0. The maximum atomic E-state index is 12.2. The van der Waals surface area contributed by atoms with Crippen molar-refractivity contribution in [2.45, 2.75) is 13.1 Å². The normalized spacial score (nSPS) is 11.5. The Balaban J connectivity index is 3.20. The van der Waals surface area contributed by atoms with E-state index in [-0.39, 0.29) is 11.1 Å². The first-order valence-corrected chi connectivity index (χ1v) is 4.08.